The van der Waals surface area contributed by atoms with E-state index in [0.29, 0.717) is 33.4 Å². The molecule has 0 aliphatic carbocycles. The Morgan fingerprint density at radius 3 is 2.39 bits per heavy atom. The van der Waals surface area contributed by atoms with Crippen LogP contribution >= 0.6 is 11.6 Å². The van der Waals surface area contributed by atoms with Gasteiger partial charge < -0.3 is 9.73 Å². The van der Waals surface area contributed by atoms with Crippen LogP contribution in [0.3, 0.4) is 0 Å². The predicted octanol–water partition coefficient (Wildman–Crippen LogP) is 6.75. The number of amides is 1. The number of rotatable bonds is 6. The Morgan fingerprint density at radius 2 is 1.58 bits per heavy atom. The van der Waals surface area contributed by atoms with Gasteiger partial charge in [-0.15, -0.1) is 0 Å². The van der Waals surface area contributed by atoms with Crippen LogP contribution in [0.25, 0.3) is 17.4 Å². The maximum atomic E-state index is 12.6. The van der Waals surface area contributed by atoms with Crippen LogP contribution in [-0.4, -0.2) is 11.7 Å². The molecular weight excluding hydrogens is 410 g/mol. The zero-order valence-electron chi connectivity index (χ0n) is 16.4. The third kappa shape index (κ3) is 5.18. The van der Waals surface area contributed by atoms with E-state index in [-0.39, 0.29) is 11.7 Å². The van der Waals surface area contributed by atoms with Gasteiger partial charge in [-0.05, 0) is 60.7 Å². The minimum absolute atomic E-state index is 0.198. The van der Waals surface area contributed by atoms with Gasteiger partial charge in [-0.2, -0.15) is 0 Å². The lowest BCUT2D eigenvalue weighted by Gasteiger charge is -2.06. The summed E-state index contributed by atoms with van der Waals surface area (Å²) < 4.78 is 5.78. The summed E-state index contributed by atoms with van der Waals surface area (Å²) in [4.78, 5) is 24.9. The first-order chi connectivity index (χ1) is 15.1. The maximum absolute atomic E-state index is 12.6. The Balaban J connectivity index is 1.45. The zero-order chi connectivity index (χ0) is 21.6. The van der Waals surface area contributed by atoms with E-state index in [1.165, 1.54) is 6.08 Å². The molecule has 0 aliphatic rings. The van der Waals surface area contributed by atoms with Gasteiger partial charge in [0.1, 0.15) is 11.5 Å². The van der Waals surface area contributed by atoms with E-state index < -0.39 is 0 Å². The van der Waals surface area contributed by atoms with Gasteiger partial charge in [0.25, 0.3) is 5.91 Å². The Bertz CT molecular complexity index is 1260. The van der Waals surface area contributed by atoms with E-state index in [4.69, 9.17) is 16.0 Å². The fraction of sp³-hybridized carbons (Fsp3) is 0. The molecule has 0 atom stereocenters. The molecule has 0 radical (unpaired) electrons. The van der Waals surface area contributed by atoms with Gasteiger partial charge in [0.2, 0.25) is 0 Å². The predicted molar refractivity (Wildman–Crippen MR) is 123 cm³/mol. The molecule has 4 nitrogen and oxygen atoms in total. The van der Waals surface area contributed by atoms with Crippen molar-refractivity contribution in [2.45, 2.75) is 0 Å². The highest BCUT2D eigenvalue weighted by Crippen LogP contribution is 2.25. The van der Waals surface area contributed by atoms with Crippen LogP contribution in [0.4, 0.5) is 5.69 Å². The summed E-state index contributed by atoms with van der Waals surface area (Å²) in [6, 6.07) is 26.7. The molecule has 3 aromatic carbocycles. The highest BCUT2D eigenvalue weighted by molar-refractivity contribution is 6.30. The molecule has 1 heterocycles. The number of hydrogen-bond acceptors (Lipinski definition) is 3. The molecule has 1 amide bonds. The van der Waals surface area contributed by atoms with Crippen LogP contribution in [-0.2, 0) is 0 Å². The first kappa shape index (κ1) is 20.4. The molecule has 0 saturated heterocycles. The summed E-state index contributed by atoms with van der Waals surface area (Å²) in [7, 11) is 0. The first-order valence-corrected chi connectivity index (χ1v) is 10.0. The van der Waals surface area contributed by atoms with E-state index in [2.05, 4.69) is 5.32 Å². The lowest BCUT2D eigenvalue weighted by molar-refractivity contribution is 0.102. The number of allylic oxidation sites excluding steroid dienone is 1. The van der Waals surface area contributed by atoms with Crippen molar-refractivity contribution in [1.29, 1.82) is 0 Å². The highest BCUT2D eigenvalue weighted by Gasteiger charge is 2.08. The van der Waals surface area contributed by atoms with Crippen molar-refractivity contribution in [2.24, 2.45) is 0 Å². The van der Waals surface area contributed by atoms with Crippen molar-refractivity contribution in [3.05, 3.63) is 119 Å². The molecule has 0 unspecified atom stereocenters. The molecule has 152 valence electrons. The van der Waals surface area contributed by atoms with E-state index in [9.17, 15) is 9.59 Å². The van der Waals surface area contributed by atoms with Crippen LogP contribution < -0.4 is 5.32 Å². The monoisotopic (exact) mass is 427 g/mol. The summed E-state index contributed by atoms with van der Waals surface area (Å²) >= 11 is 6.02. The minimum atomic E-state index is -0.232. The molecule has 4 rings (SSSR count). The highest BCUT2D eigenvalue weighted by atomic mass is 35.5. The van der Waals surface area contributed by atoms with E-state index in [1.54, 1.807) is 66.7 Å². The normalized spacial score (nSPS) is 10.9. The van der Waals surface area contributed by atoms with Gasteiger partial charge in [0.15, 0.2) is 5.78 Å². The number of nitrogens with one attached hydrogen (secondary N) is 1. The molecule has 0 spiro atoms. The van der Waals surface area contributed by atoms with Crippen molar-refractivity contribution in [3.63, 3.8) is 0 Å². The molecule has 0 saturated carbocycles. The SMILES string of the molecule is O=C(/C=C/c1ccc(-c2cccc(Cl)c2)o1)c1cccc(NC(=O)c2ccccc2)c1. The molecule has 1 N–H and O–H groups in total. The van der Waals surface area contributed by atoms with Crippen LogP contribution in [0, 0.1) is 0 Å². The van der Waals surface area contributed by atoms with Gasteiger partial charge in [0.05, 0.1) is 0 Å². The molecule has 0 aliphatic heterocycles. The van der Waals surface area contributed by atoms with Crippen molar-refractivity contribution in [3.8, 4) is 11.3 Å². The van der Waals surface area contributed by atoms with Crippen molar-refractivity contribution in [1.82, 2.24) is 0 Å². The van der Waals surface area contributed by atoms with E-state index in [0.717, 1.165) is 5.56 Å². The van der Waals surface area contributed by atoms with Crippen LogP contribution in [0.2, 0.25) is 5.02 Å². The van der Waals surface area contributed by atoms with Crippen LogP contribution in [0.15, 0.2) is 101 Å². The number of carbonyl (C=O) groups excluding carboxylic acids is 2. The van der Waals surface area contributed by atoms with Crippen molar-refractivity contribution < 1.29 is 14.0 Å². The Morgan fingerprint density at radius 1 is 0.806 bits per heavy atom. The second-order valence-corrected chi connectivity index (χ2v) is 7.25. The number of hydrogen-bond donors (Lipinski definition) is 1. The largest absolute Gasteiger partial charge is 0.457 e. The average molecular weight is 428 g/mol. The topological polar surface area (TPSA) is 59.3 Å². The maximum Gasteiger partial charge on any atom is 0.255 e. The van der Waals surface area contributed by atoms with E-state index >= 15 is 0 Å². The third-order valence-electron chi connectivity index (χ3n) is 4.58. The second kappa shape index (κ2) is 9.28. The second-order valence-electron chi connectivity index (χ2n) is 6.81. The van der Waals surface area contributed by atoms with Gasteiger partial charge >= 0.3 is 0 Å². The van der Waals surface area contributed by atoms with Crippen molar-refractivity contribution >= 4 is 35.1 Å². The zero-order valence-corrected chi connectivity index (χ0v) is 17.2. The molecule has 0 fully saturated rings. The van der Waals surface area contributed by atoms with Crippen molar-refractivity contribution in [2.75, 3.05) is 5.32 Å². The van der Waals surface area contributed by atoms with Gasteiger partial charge in [-0.3, -0.25) is 9.59 Å². The van der Waals surface area contributed by atoms with Crippen LogP contribution in [0.1, 0.15) is 26.5 Å². The number of benzene rings is 3. The average Bonchev–Trinajstić information content (AvgIpc) is 3.27. The quantitative estimate of drug-likeness (QED) is 0.273. The number of furan rings is 1. The lowest BCUT2D eigenvalue weighted by atomic mass is 10.1. The fourth-order valence-electron chi connectivity index (χ4n) is 3.04. The van der Waals surface area contributed by atoms with Gasteiger partial charge in [-0.25, -0.2) is 0 Å². The summed E-state index contributed by atoms with van der Waals surface area (Å²) in [5, 5.41) is 3.43. The lowest BCUT2D eigenvalue weighted by Crippen LogP contribution is -2.12. The van der Waals surface area contributed by atoms with Gasteiger partial charge in [-0.1, -0.05) is 54.1 Å². The molecule has 4 aromatic rings. The minimum Gasteiger partial charge on any atom is -0.457 e. The smallest absolute Gasteiger partial charge is 0.255 e. The van der Waals surface area contributed by atoms with Crippen LogP contribution in [0.5, 0.6) is 0 Å². The molecule has 1 aromatic heterocycles. The standard InChI is InChI=1S/C26H18ClNO3/c27-21-10-4-9-20(16-21)25-15-13-23(31-25)12-14-24(29)19-8-5-11-22(17-19)28-26(30)18-6-2-1-3-7-18/h1-17H,(H,28,30)/b14-12+. The number of ketones is 1. The fourth-order valence-corrected chi connectivity index (χ4v) is 3.23. The molecule has 31 heavy (non-hydrogen) atoms. The summed E-state index contributed by atoms with van der Waals surface area (Å²) in [6.07, 6.45) is 3.06. The first-order valence-electron chi connectivity index (χ1n) is 9.63. The Kier molecular flexibility index (Phi) is 6.11. The number of halogens is 1. The summed E-state index contributed by atoms with van der Waals surface area (Å²) in [6.45, 7) is 0. The molecule has 5 heteroatoms. The molecule has 0 bridgehead atoms. The van der Waals surface area contributed by atoms with E-state index in [1.807, 2.05) is 30.3 Å². The summed E-state index contributed by atoms with van der Waals surface area (Å²) in [5.41, 5.74) is 2.42. The third-order valence-corrected chi connectivity index (χ3v) is 4.81. The Hall–Kier alpha value is -3.89. The Labute approximate surface area is 184 Å². The number of anilines is 1. The summed E-state index contributed by atoms with van der Waals surface area (Å²) in [5.74, 6) is 0.790. The van der Waals surface area contributed by atoms with Gasteiger partial charge in [0, 0.05) is 27.4 Å². The number of carbonyl (C=O) groups is 2. The molecular formula is C26H18ClNO3.